The molecule has 4 rings (SSSR count). The molecule has 2 unspecified atom stereocenters. The Bertz CT molecular complexity index is 314. The smallest absolute Gasteiger partial charge is 0.0194 e. The topological polar surface area (TPSA) is 12.0 Å². The largest absolute Gasteiger partial charge is 0.311 e. The summed E-state index contributed by atoms with van der Waals surface area (Å²) in [5.41, 5.74) is 1.75. The minimum Gasteiger partial charge on any atom is -0.311 e. The maximum Gasteiger partial charge on any atom is 0.0194 e. The second-order valence-corrected chi connectivity index (χ2v) is 7.91. The van der Waals surface area contributed by atoms with Gasteiger partial charge in [0.15, 0.2) is 0 Å². The molecule has 96 valence electrons. The summed E-state index contributed by atoms with van der Waals surface area (Å²) in [6.45, 7) is 10.0. The van der Waals surface area contributed by atoms with Gasteiger partial charge in [0.1, 0.15) is 0 Å². The second-order valence-electron chi connectivity index (χ2n) is 7.91. The van der Waals surface area contributed by atoms with Crippen molar-refractivity contribution >= 4 is 0 Å². The molecule has 4 saturated carbocycles. The van der Waals surface area contributed by atoms with Crippen LogP contribution in [0.15, 0.2) is 12.7 Å². The lowest BCUT2D eigenvalue weighted by molar-refractivity contribution is -0.117. The summed E-state index contributed by atoms with van der Waals surface area (Å²) in [6.07, 6.45) is 11.9. The Labute approximate surface area is 106 Å². The molecule has 17 heavy (non-hydrogen) atoms. The Kier molecular flexibility index (Phi) is 2.49. The molecule has 0 aromatic heterocycles. The van der Waals surface area contributed by atoms with Gasteiger partial charge < -0.3 is 5.32 Å². The fourth-order valence-electron chi connectivity index (χ4n) is 6.08. The highest BCUT2D eigenvalue weighted by molar-refractivity contribution is 5.14. The molecule has 1 N–H and O–H groups in total. The monoisotopic (exact) mass is 233 g/mol. The summed E-state index contributed by atoms with van der Waals surface area (Å²) in [5.74, 6) is 0.998. The van der Waals surface area contributed by atoms with E-state index in [0.29, 0.717) is 16.4 Å². The van der Waals surface area contributed by atoms with Gasteiger partial charge in [-0.25, -0.2) is 0 Å². The van der Waals surface area contributed by atoms with Crippen LogP contribution in [0.25, 0.3) is 0 Å². The van der Waals surface area contributed by atoms with E-state index in [2.05, 4.69) is 25.7 Å². The molecule has 0 aromatic carbocycles. The molecule has 0 aromatic rings. The van der Waals surface area contributed by atoms with E-state index in [9.17, 15) is 0 Å². The Morgan fingerprint density at radius 1 is 1.12 bits per heavy atom. The average Bonchev–Trinajstić information content (AvgIpc) is 2.11. The first-order chi connectivity index (χ1) is 7.97. The van der Waals surface area contributed by atoms with E-state index in [1.54, 1.807) is 0 Å². The van der Waals surface area contributed by atoms with Gasteiger partial charge in [-0.1, -0.05) is 19.9 Å². The quantitative estimate of drug-likeness (QED) is 0.573. The summed E-state index contributed by atoms with van der Waals surface area (Å²) in [4.78, 5) is 0. The standard InChI is InChI=1S/C16H27N/c1-4-5-6-17-16-9-13-7-14(2,11-16)10-15(3,8-13)12-16/h4,13,17H,1,5-12H2,2-3H3. The van der Waals surface area contributed by atoms with E-state index in [1.807, 2.05) is 6.08 Å². The fraction of sp³-hybridized carbons (Fsp3) is 0.875. The van der Waals surface area contributed by atoms with Crippen LogP contribution in [0.5, 0.6) is 0 Å². The van der Waals surface area contributed by atoms with E-state index in [1.165, 1.54) is 38.5 Å². The lowest BCUT2D eigenvalue weighted by Crippen LogP contribution is -2.64. The van der Waals surface area contributed by atoms with Crippen LogP contribution in [-0.4, -0.2) is 12.1 Å². The molecule has 0 spiro atoms. The normalized spacial score (nSPS) is 51.8. The lowest BCUT2D eigenvalue weighted by atomic mass is 9.43. The molecule has 4 bridgehead atoms. The van der Waals surface area contributed by atoms with Crippen molar-refractivity contribution in [3.8, 4) is 0 Å². The molecule has 1 nitrogen and oxygen atoms in total. The van der Waals surface area contributed by atoms with E-state index >= 15 is 0 Å². The van der Waals surface area contributed by atoms with Crippen LogP contribution in [0.3, 0.4) is 0 Å². The van der Waals surface area contributed by atoms with Crippen LogP contribution < -0.4 is 5.32 Å². The third-order valence-corrected chi connectivity index (χ3v) is 5.47. The molecule has 0 heterocycles. The summed E-state index contributed by atoms with van der Waals surface area (Å²) in [6, 6.07) is 0. The van der Waals surface area contributed by atoms with Crippen LogP contribution >= 0.6 is 0 Å². The first-order valence-corrected chi connectivity index (χ1v) is 7.33. The zero-order valence-electron chi connectivity index (χ0n) is 11.5. The fourth-order valence-corrected chi connectivity index (χ4v) is 6.08. The molecule has 4 fully saturated rings. The Morgan fingerprint density at radius 3 is 2.29 bits per heavy atom. The van der Waals surface area contributed by atoms with Gasteiger partial charge in [0, 0.05) is 5.54 Å². The zero-order chi connectivity index (χ0) is 12.1. The Balaban J connectivity index is 1.79. The minimum absolute atomic E-state index is 0.478. The maximum absolute atomic E-state index is 3.91. The van der Waals surface area contributed by atoms with Gasteiger partial charge in [0.25, 0.3) is 0 Å². The van der Waals surface area contributed by atoms with Crippen LogP contribution in [0.2, 0.25) is 0 Å². The highest BCUT2D eigenvalue weighted by Gasteiger charge is 2.59. The number of nitrogens with one attached hydrogen (secondary N) is 1. The van der Waals surface area contributed by atoms with E-state index < -0.39 is 0 Å². The molecular weight excluding hydrogens is 206 g/mol. The van der Waals surface area contributed by atoms with Crippen molar-refractivity contribution in [1.82, 2.24) is 5.32 Å². The summed E-state index contributed by atoms with van der Waals surface area (Å²) < 4.78 is 0. The predicted octanol–water partition coefficient (Wildman–Crippen LogP) is 3.90. The van der Waals surface area contributed by atoms with Crippen molar-refractivity contribution < 1.29 is 0 Å². The summed E-state index contributed by atoms with van der Waals surface area (Å²) in [5, 5.41) is 3.91. The predicted molar refractivity (Wildman–Crippen MR) is 73.0 cm³/mol. The zero-order valence-corrected chi connectivity index (χ0v) is 11.5. The first-order valence-electron chi connectivity index (χ1n) is 7.33. The van der Waals surface area contributed by atoms with Gasteiger partial charge in [-0.05, 0) is 68.2 Å². The molecule has 4 aliphatic rings. The molecule has 0 radical (unpaired) electrons. The number of hydrogen-bond donors (Lipinski definition) is 1. The highest BCUT2D eigenvalue weighted by atomic mass is 15.0. The lowest BCUT2D eigenvalue weighted by Gasteiger charge is -2.65. The van der Waals surface area contributed by atoms with Gasteiger partial charge in [-0.15, -0.1) is 6.58 Å². The summed E-state index contributed by atoms with van der Waals surface area (Å²) >= 11 is 0. The van der Waals surface area contributed by atoms with Gasteiger partial charge >= 0.3 is 0 Å². The van der Waals surface area contributed by atoms with Crippen molar-refractivity contribution in [3.05, 3.63) is 12.7 Å². The molecule has 1 heteroatoms. The van der Waals surface area contributed by atoms with Crippen molar-refractivity contribution in [2.45, 2.75) is 64.3 Å². The van der Waals surface area contributed by atoms with E-state index in [4.69, 9.17) is 0 Å². The third-order valence-electron chi connectivity index (χ3n) is 5.47. The summed E-state index contributed by atoms with van der Waals surface area (Å²) in [7, 11) is 0. The highest BCUT2D eigenvalue weighted by Crippen LogP contribution is 2.66. The molecule has 0 amide bonds. The Hall–Kier alpha value is -0.300. The minimum atomic E-state index is 0.478. The molecule has 0 saturated heterocycles. The number of rotatable bonds is 4. The average molecular weight is 233 g/mol. The van der Waals surface area contributed by atoms with E-state index in [0.717, 1.165) is 18.9 Å². The van der Waals surface area contributed by atoms with Gasteiger partial charge in [-0.3, -0.25) is 0 Å². The third kappa shape index (κ3) is 1.97. The van der Waals surface area contributed by atoms with E-state index in [-0.39, 0.29) is 0 Å². The van der Waals surface area contributed by atoms with Crippen molar-refractivity contribution in [1.29, 1.82) is 0 Å². The SMILES string of the molecule is C=CCCNC12CC3CC(C)(CC(C)(C3)C1)C2. The molecular formula is C16H27N. The van der Waals surface area contributed by atoms with Crippen LogP contribution in [0.1, 0.15) is 58.8 Å². The van der Waals surface area contributed by atoms with Crippen LogP contribution in [-0.2, 0) is 0 Å². The maximum atomic E-state index is 3.91. The molecule has 0 aliphatic heterocycles. The van der Waals surface area contributed by atoms with Gasteiger partial charge in [-0.2, -0.15) is 0 Å². The Morgan fingerprint density at radius 2 is 1.76 bits per heavy atom. The first kappa shape index (κ1) is 11.8. The van der Waals surface area contributed by atoms with Gasteiger partial charge in [0.05, 0.1) is 0 Å². The molecule has 2 atom stereocenters. The van der Waals surface area contributed by atoms with Crippen LogP contribution in [0, 0.1) is 16.7 Å². The van der Waals surface area contributed by atoms with Crippen molar-refractivity contribution in [2.75, 3.05) is 6.54 Å². The second kappa shape index (κ2) is 3.60. The molecule has 4 aliphatic carbocycles. The van der Waals surface area contributed by atoms with Gasteiger partial charge in [0.2, 0.25) is 0 Å². The van der Waals surface area contributed by atoms with Crippen molar-refractivity contribution in [3.63, 3.8) is 0 Å². The number of hydrogen-bond acceptors (Lipinski definition) is 1. The van der Waals surface area contributed by atoms with Crippen LogP contribution in [0.4, 0.5) is 0 Å². The van der Waals surface area contributed by atoms with Crippen molar-refractivity contribution in [2.24, 2.45) is 16.7 Å².